The Kier molecular flexibility index (Phi) is 5.73. The predicted octanol–water partition coefficient (Wildman–Crippen LogP) is 0.991. The van der Waals surface area contributed by atoms with E-state index in [0.717, 1.165) is 17.0 Å². The monoisotopic (exact) mass is 281 g/mol. The minimum Gasteiger partial charge on any atom is -0.465 e. The molecule has 0 aliphatic heterocycles. The van der Waals surface area contributed by atoms with Gasteiger partial charge in [0.1, 0.15) is 6.54 Å². The Balaban J connectivity index is 2.75. The summed E-state index contributed by atoms with van der Waals surface area (Å²) in [6.07, 6.45) is 0.263. The molecule has 6 heteroatoms. The lowest BCUT2D eigenvalue weighted by atomic mass is 10.1. The highest BCUT2D eigenvalue weighted by Gasteiger charge is 2.20. The van der Waals surface area contributed by atoms with E-state index in [1.165, 1.54) is 4.90 Å². The lowest BCUT2D eigenvalue weighted by Gasteiger charge is -2.19. The molecule has 0 aliphatic rings. The molecule has 0 atom stereocenters. The molecule has 112 valence electrons. The summed E-state index contributed by atoms with van der Waals surface area (Å²) in [4.78, 5) is 25.3. The van der Waals surface area contributed by atoms with E-state index < -0.39 is 0 Å². The van der Waals surface area contributed by atoms with E-state index in [0.29, 0.717) is 13.2 Å². The van der Waals surface area contributed by atoms with Crippen molar-refractivity contribution < 1.29 is 14.3 Å². The molecule has 1 aromatic rings. The van der Waals surface area contributed by atoms with Crippen LogP contribution in [-0.4, -0.2) is 46.3 Å². The van der Waals surface area contributed by atoms with Gasteiger partial charge in [-0.25, -0.2) is 0 Å². The van der Waals surface area contributed by atoms with Gasteiger partial charge in [-0.1, -0.05) is 0 Å². The molecule has 1 rings (SSSR count). The number of carbonyl (C=O) groups excluding carboxylic acids is 2. The third kappa shape index (κ3) is 3.82. The molecule has 0 bridgehead atoms. The second-order valence-corrected chi connectivity index (χ2v) is 4.66. The number of nitrogens with zero attached hydrogens (tertiary/aromatic N) is 3. The van der Waals surface area contributed by atoms with Gasteiger partial charge >= 0.3 is 5.97 Å². The first kappa shape index (κ1) is 16.2. The number of hydrogen-bond donors (Lipinski definition) is 0. The first-order valence-electron chi connectivity index (χ1n) is 6.83. The minimum absolute atomic E-state index is 0.00152. The fraction of sp³-hybridized carbons (Fsp3) is 0.643. The number of amides is 1. The van der Waals surface area contributed by atoms with Gasteiger partial charge in [0.05, 0.1) is 18.7 Å². The van der Waals surface area contributed by atoms with Crippen molar-refractivity contribution in [2.24, 2.45) is 7.05 Å². The Bertz CT molecular complexity index is 494. The third-order valence-electron chi connectivity index (χ3n) is 3.35. The molecule has 1 amide bonds. The first-order chi connectivity index (χ1) is 9.40. The zero-order valence-electron chi connectivity index (χ0n) is 12.9. The summed E-state index contributed by atoms with van der Waals surface area (Å²) in [6, 6.07) is 0. The molecule has 0 unspecified atom stereocenters. The van der Waals surface area contributed by atoms with Crippen LogP contribution >= 0.6 is 0 Å². The van der Waals surface area contributed by atoms with Crippen molar-refractivity contribution in [3.63, 3.8) is 0 Å². The molecule has 0 radical (unpaired) electrons. The van der Waals surface area contributed by atoms with Crippen LogP contribution in [-0.2, 0) is 27.8 Å². The number of ether oxygens (including phenoxy) is 1. The fourth-order valence-electron chi connectivity index (χ4n) is 2.08. The molecule has 0 fully saturated rings. The van der Waals surface area contributed by atoms with Crippen LogP contribution in [0.5, 0.6) is 0 Å². The van der Waals surface area contributed by atoms with Crippen molar-refractivity contribution in [1.29, 1.82) is 0 Å². The predicted molar refractivity (Wildman–Crippen MR) is 75.3 cm³/mol. The summed E-state index contributed by atoms with van der Waals surface area (Å²) in [5, 5.41) is 4.29. The normalized spacial score (nSPS) is 10.4. The van der Waals surface area contributed by atoms with Crippen molar-refractivity contribution >= 4 is 11.9 Å². The van der Waals surface area contributed by atoms with Gasteiger partial charge < -0.3 is 9.64 Å². The Labute approximate surface area is 119 Å². The van der Waals surface area contributed by atoms with Gasteiger partial charge in [0.25, 0.3) is 0 Å². The van der Waals surface area contributed by atoms with E-state index in [1.807, 2.05) is 27.8 Å². The van der Waals surface area contributed by atoms with Crippen molar-refractivity contribution in [2.75, 3.05) is 19.7 Å². The van der Waals surface area contributed by atoms with Crippen molar-refractivity contribution in [3.05, 3.63) is 17.0 Å². The Morgan fingerprint density at radius 2 is 1.95 bits per heavy atom. The number of carbonyl (C=O) groups is 2. The average molecular weight is 281 g/mol. The van der Waals surface area contributed by atoms with Crippen LogP contribution in [0.15, 0.2) is 0 Å². The Morgan fingerprint density at radius 3 is 2.40 bits per heavy atom. The van der Waals surface area contributed by atoms with Crippen molar-refractivity contribution in [3.8, 4) is 0 Å². The summed E-state index contributed by atoms with van der Waals surface area (Å²) in [7, 11) is 1.85. The topological polar surface area (TPSA) is 64.4 Å². The van der Waals surface area contributed by atoms with E-state index in [9.17, 15) is 9.59 Å². The van der Waals surface area contributed by atoms with Crippen LogP contribution in [0.1, 0.15) is 30.8 Å². The van der Waals surface area contributed by atoms with E-state index >= 15 is 0 Å². The van der Waals surface area contributed by atoms with E-state index in [2.05, 4.69) is 5.10 Å². The van der Waals surface area contributed by atoms with Gasteiger partial charge in [0.15, 0.2) is 0 Å². The average Bonchev–Trinajstić information content (AvgIpc) is 2.62. The van der Waals surface area contributed by atoms with E-state index in [4.69, 9.17) is 4.74 Å². The molecule has 1 heterocycles. The second kappa shape index (κ2) is 7.07. The second-order valence-electron chi connectivity index (χ2n) is 4.66. The van der Waals surface area contributed by atoms with Gasteiger partial charge in [-0.05, 0) is 27.7 Å². The smallest absolute Gasteiger partial charge is 0.325 e. The molecule has 1 aromatic heterocycles. The zero-order chi connectivity index (χ0) is 15.3. The first-order valence-corrected chi connectivity index (χ1v) is 6.83. The number of aryl methyl sites for hydroxylation is 2. The fourth-order valence-corrected chi connectivity index (χ4v) is 2.08. The maximum atomic E-state index is 12.3. The van der Waals surface area contributed by atoms with Crippen LogP contribution in [0.25, 0.3) is 0 Å². The highest BCUT2D eigenvalue weighted by Crippen LogP contribution is 2.13. The van der Waals surface area contributed by atoms with Crippen LogP contribution in [0.2, 0.25) is 0 Å². The molecule has 20 heavy (non-hydrogen) atoms. The molecule has 0 saturated heterocycles. The van der Waals surface area contributed by atoms with Gasteiger partial charge in [-0.15, -0.1) is 0 Å². The number of rotatable bonds is 6. The maximum absolute atomic E-state index is 12.3. The van der Waals surface area contributed by atoms with E-state index in [1.54, 1.807) is 11.6 Å². The molecule has 6 nitrogen and oxygen atoms in total. The molecular weight excluding hydrogens is 258 g/mol. The number of aromatic nitrogens is 2. The largest absolute Gasteiger partial charge is 0.465 e. The number of likely N-dealkylation sites (N-methyl/N-ethyl adjacent to an activating group) is 1. The van der Waals surface area contributed by atoms with Crippen molar-refractivity contribution in [1.82, 2.24) is 14.7 Å². The summed E-state index contributed by atoms with van der Waals surface area (Å²) < 4.78 is 6.64. The number of esters is 1. The summed E-state index contributed by atoms with van der Waals surface area (Å²) in [5.41, 5.74) is 2.76. The van der Waals surface area contributed by atoms with Crippen LogP contribution in [0.3, 0.4) is 0 Å². The van der Waals surface area contributed by atoms with Gasteiger partial charge in [0.2, 0.25) is 5.91 Å². The van der Waals surface area contributed by atoms with Crippen LogP contribution in [0, 0.1) is 13.8 Å². The van der Waals surface area contributed by atoms with Crippen LogP contribution < -0.4 is 0 Å². The van der Waals surface area contributed by atoms with Crippen molar-refractivity contribution in [2.45, 2.75) is 34.1 Å². The molecule has 0 aromatic carbocycles. The molecular formula is C14H23N3O3. The summed E-state index contributed by atoms with van der Waals surface area (Å²) in [6.45, 7) is 8.23. The quantitative estimate of drug-likeness (QED) is 0.729. The van der Waals surface area contributed by atoms with Gasteiger partial charge in [0, 0.05) is 24.8 Å². The SMILES string of the molecule is CCOC(=O)CN(CC)C(=O)Cc1c(C)nn(C)c1C. The Hall–Kier alpha value is -1.85. The molecule has 0 saturated carbocycles. The molecule has 0 N–H and O–H groups in total. The van der Waals surface area contributed by atoms with Gasteiger partial charge in [-0.2, -0.15) is 5.10 Å². The van der Waals surface area contributed by atoms with Crippen LogP contribution in [0.4, 0.5) is 0 Å². The highest BCUT2D eigenvalue weighted by atomic mass is 16.5. The Morgan fingerprint density at radius 1 is 1.30 bits per heavy atom. The standard InChI is InChI=1S/C14H23N3O3/c1-6-17(9-14(19)20-7-2)13(18)8-12-10(3)15-16(5)11(12)4/h6-9H2,1-5H3. The maximum Gasteiger partial charge on any atom is 0.325 e. The van der Waals surface area contributed by atoms with Gasteiger partial charge in [-0.3, -0.25) is 14.3 Å². The highest BCUT2D eigenvalue weighted by molar-refractivity contribution is 5.83. The zero-order valence-corrected chi connectivity index (χ0v) is 12.9. The summed E-state index contributed by atoms with van der Waals surface area (Å²) >= 11 is 0. The molecule has 0 aliphatic carbocycles. The minimum atomic E-state index is -0.373. The summed E-state index contributed by atoms with van der Waals surface area (Å²) in [5.74, 6) is -0.456. The lowest BCUT2D eigenvalue weighted by Crippen LogP contribution is -2.37. The lowest BCUT2D eigenvalue weighted by molar-refractivity contribution is -0.148. The third-order valence-corrected chi connectivity index (χ3v) is 3.35. The molecule has 0 spiro atoms. The van der Waals surface area contributed by atoms with E-state index in [-0.39, 0.29) is 24.8 Å². The number of hydrogen-bond acceptors (Lipinski definition) is 4.